The second kappa shape index (κ2) is 5.04. The van der Waals surface area contributed by atoms with E-state index < -0.39 is 0 Å². The van der Waals surface area contributed by atoms with Crippen molar-refractivity contribution in [2.45, 2.75) is 0 Å². The van der Waals surface area contributed by atoms with Crippen LogP contribution >= 0.6 is 0 Å². The zero-order valence-electron chi connectivity index (χ0n) is 12.0. The molecule has 0 radical (unpaired) electrons. The summed E-state index contributed by atoms with van der Waals surface area (Å²) in [6.45, 7) is 0. The van der Waals surface area contributed by atoms with Gasteiger partial charge in [0.1, 0.15) is 5.69 Å². The Hall–Kier alpha value is -3.07. The molecule has 0 bridgehead atoms. The van der Waals surface area contributed by atoms with Gasteiger partial charge in [-0.05, 0) is 17.2 Å². The quantitative estimate of drug-likeness (QED) is 0.564. The molecule has 0 aliphatic heterocycles. The van der Waals surface area contributed by atoms with Gasteiger partial charge in [0.05, 0.1) is 5.52 Å². The van der Waals surface area contributed by atoms with Gasteiger partial charge < -0.3 is 5.84 Å². The van der Waals surface area contributed by atoms with Gasteiger partial charge in [0, 0.05) is 10.9 Å². The van der Waals surface area contributed by atoms with Crippen molar-refractivity contribution in [3.63, 3.8) is 0 Å². The van der Waals surface area contributed by atoms with Crippen molar-refractivity contribution in [2.24, 2.45) is 0 Å². The number of fused-ring (bicyclic) bond motifs is 1. The number of nitrogen functional groups attached to an aromatic ring is 1. The highest BCUT2D eigenvalue weighted by Crippen LogP contribution is 2.35. The number of hydrogen-bond acceptors (Lipinski definition) is 2. The lowest BCUT2D eigenvalue weighted by Crippen LogP contribution is -2.09. The van der Waals surface area contributed by atoms with Crippen molar-refractivity contribution in [1.82, 2.24) is 9.89 Å². The Bertz CT molecular complexity index is 925. The molecule has 0 amide bonds. The number of nitrogens with zero attached hydrogens (tertiary/aromatic N) is 2. The highest BCUT2D eigenvalue weighted by molar-refractivity contribution is 6.04. The maximum atomic E-state index is 6.07. The van der Waals surface area contributed by atoms with Gasteiger partial charge >= 0.3 is 0 Å². The molecule has 3 heteroatoms. The molecule has 0 fully saturated rings. The lowest BCUT2D eigenvalue weighted by atomic mass is 9.98. The molecule has 3 nitrogen and oxygen atoms in total. The fraction of sp³-hybridized carbons (Fsp3) is 0. The predicted molar refractivity (Wildman–Crippen MR) is 90.8 cm³/mol. The highest BCUT2D eigenvalue weighted by Gasteiger charge is 2.15. The van der Waals surface area contributed by atoms with Crippen molar-refractivity contribution in [3.8, 4) is 22.4 Å². The number of benzene rings is 3. The van der Waals surface area contributed by atoms with Crippen LogP contribution in [-0.2, 0) is 0 Å². The maximum absolute atomic E-state index is 6.07. The average molecular weight is 285 g/mol. The minimum Gasteiger partial charge on any atom is -0.323 e. The first-order chi connectivity index (χ1) is 10.8. The molecule has 1 heterocycles. The van der Waals surface area contributed by atoms with Crippen LogP contribution < -0.4 is 5.84 Å². The molecule has 2 N–H and O–H groups in total. The fourth-order valence-electron chi connectivity index (χ4n) is 2.85. The summed E-state index contributed by atoms with van der Waals surface area (Å²) in [6, 6.07) is 26.6. The van der Waals surface area contributed by atoms with Crippen molar-refractivity contribution >= 4 is 10.9 Å². The monoisotopic (exact) mass is 285 g/mol. The zero-order valence-corrected chi connectivity index (χ0v) is 12.0. The predicted octanol–water partition coefficient (Wildman–Crippen LogP) is 4.08. The largest absolute Gasteiger partial charge is 0.323 e. The third kappa shape index (κ3) is 1.95. The van der Waals surface area contributed by atoms with E-state index in [1.54, 1.807) is 0 Å². The smallest absolute Gasteiger partial charge is 0.103 e. The first-order valence-corrected chi connectivity index (χ1v) is 7.22. The zero-order chi connectivity index (χ0) is 14.9. The van der Waals surface area contributed by atoms with Crippen LogP contribution in [-0.4, -0.2) is 9.89 Å². The van der Waals surface area contributed by atoms with Crippen molar-refractivity contribution in [1.29, 1.82) is 0 Å². The lowest BCUT2D eigenvalue weighted by molar-refractivity contribution is 0.867. The average Bonchev–Trinajstić information content (AvgIpc) is 2.94. The highest BCUT2D eigenvalue weighted by atomic mass is 15.5. The van der Waals surface area contributed by atoms with Gasteiger partial charge in [0.15, 0.2) is 0 Å². The summed E-state index contributed by atoms with van der Waals surface area (Å²) in [5.41, 5.74) is 5.23. The first-order valence-electron chi connectivity index (χ1n) is 7.22. The molecule has 22 heavy (non-hydrogen) atoms. The molecule has 4 rings (SSSR count). The maximum Gasteiger partial charge on any atom is 0.103 e. The second-order valence-corrected chi connectivity index (χ2v) is 5.22. The first kappa shape index (κ1) is 12.7. The van der Waals surface area contributed by atoms with Gasteiger partial charge in [0.2, 0.25) is 0 Å². The number of aromatic nitrogens is 2. The number of hydrogen-bond donors (Lipinski definition) is 1. The molecule has 0 atom stereocenters. The Morgan fingerprint density at radius 3 is 2.00 bits per heavy atom. The third-order valence-electron chi connectivity index (χ3n) is 3.87. The summed E-state index contributed by atoms with van der Waals surface area (Å²) in [6.07, 6.45) is 0. The fourth-order valence-corrected chi connectivity index (χ4v) is 2.85. The van der Waals surface area contributed by atoms with Crippen molar-refractivity contribution in [2.75, 3.05) is 5.84 Å². The van der Waals surface area contributed by atoms with Crippen LogP contribution in [0.2, 0.25) is 0 Å². The van der Waals surface area contributed by atoms with Crippen molar-refractivity contribution in [3.05, 3.63) is 78.9 Å². The van der Waals surface area contributed by atoms with Gasteiger partial charge in [-0.3, -0.25) is 0 Å². The Balaban J connectivity index is 2.07. The van der Waals surface area contributed by atoms with E-state index >= 15 is 0 Å². The lowest BCUT2D eigenvalue weighted by Gasteiger charge is -2.05. The SMILES string of the molecule is Nn1nc(-c2ccccc2)c2c(-c3ccccc3)cccc21. The summed E-state index contributed by atoms with van der Waals surface area (Å²) in [4.78, 5) is 1.46. The molecule has 0 aliphatic rings. The van der Waals surface area contributed by atoms with Gasteiger partial charge in [0.25, 0.3) is 0 Å². The number of rotatable bonds is 2. The van der Waals surface area contributed by atoms with Gasteiger partial charge in [-0.1, -0.05) is 72.8 Å². The molecule has 0 saturated carbocycles. The van der Waals surface area contributed by atoms with E-state index in [0.29, 0.717) is 0 Å². The summed E-state index contributed by atoms with van der Waals surface area (Å²) >= 11 is 0. The van der Waals surface area contributed by atoms with Gasteiger partial charge in [-0.2, -0.15) is 9.89 Å². The van der Waals surface area contributed by atoms with Crippen LogP contribution in [0.25, 0.3) is 33.3 Å². The van der Waals surface area contributed by atoms with Crippen LogP contribution in [0.15, 0.2) is 78.9 Å². The molecule has 1 aromatic heterocycles. The molecule has 0 unspecified atom stereocenters. The number of nitrogens with two attached hydrogens (primary N) is 1. The summed E-state index contributed by atoms with van der Waals surface area (Å²) < 4.78 is 0. The summed E-state index contributed by atoms with van der Waals surface area (Å²) in [7, 11) is 0. The second-order valence-electron chi connectivity index (χ2n) is 5.22. The van der Waals surface area contributed by atoms with Crippen LogP contribution in [0.4, 0.5) is 0 Å². The molecule has 3 aromatic carbocycles. The van der Waals surface area contributed by atoms with E-state index in [0.717, 1.165) is 27.7 Å². The molecule has 106 valence electrons. The normalized spacial score (nSPS) is 10.9. The Morgan fingerprint density at radius 2 is 1.32 bits per heavy atom. The minimum absolute atomic E-state index is 0.914. The topological polar surface area (TPSA) is 43.8 Å². The van der Waals surface area contributed by atoms with E-state index in [1.165, 1.54) is 10.4 Å². The van der Waals surface area contributed by atoms with E-state index in [9.17, 15) is 0 Å². The molecule has 0 aliphatic carbocycles. The van der Waals surface area contributed by atoms with Crippen LogP contribution in [0.5, 0.6) is 0 Å². The minimum atomic E-state index is 0.914. The van der Waals surface area contributed by atoms with Crippen LogP contribution in [0.3, 0.4) is 0 Å². The molecule has 0 spiro atoms. The summed E-state index contributed by atoms with van der Waals surface area (Å²) in [5.74, 6) is 6.07. The summed E-state index contributed by atoms with van der Waals surface area (Å²) in [5, 5.41) is 5.63. The third-order valence-corrected chi connectivity index (χ3v) is 3.87. The van der Waals surface area contributed by atoms with Crippen molar-refractivity contribution < 1.29 is 0 Å². The Morgan fingerprint density at radius 1 is 0.682 bits per heavy atom. The van der Waals surface area contributed by atoms with E-state index in [2.05, 4.69) is 35.4 Å². The van der Waals surface area contributed by atoms with Crippen LogP contribution in [0.1, 0.15) is 0 Å². The standard InChI is InChI=1S/C19H15N3/c20-22-17-13-7-12-16(14-8-3-1-4-9-14)18(17)19(21-22)15-10-5-2-6-11-15/h1-13H,20H2. The molecule has 4 aromatic rings. The molecule has 0 saturated heterocycles. The van der Waals surface area contributed by atoms with Crippen LogP contribution in [0, 0.1) is 0 Å². The van der Waals surface area contributed by atoms with Gasteiger partial charge in [-0.25, -0.2) is 0 Å². The molecular weight excluding hydrogens is 270 g/mol. The van der Waals surface area contributed by atoms with E-state index in [-0.39, 0.29) is 0 Å². The molecular formula is C19H15N3. The van der Waals surface area contributed by atoms with E-state index in [4.69, 9.17) is 5.84 Å². The Kier molecular flexibility index (Phi) is 2.90. The Labute approximate surface area is 128 Å². The van der Waals surface area contributed by atoms with E-state index in [1.807, 2.05) is 48.5 Å². The van der Waals surface area contributed by atoms with Gasteiger partial charge in [-0.15, -0.1) is 0 Å².